The molecule has 2 nitrogen and oxygen atoms in total. The summed E-state index contributed by atoms with van der Waals surface area (Å²) in [4.78, 5) is 4.28. The Bertz CT molecular complexity index is 498. The van der Waals surface area contributed by atoms with Crippen LogP contribution in [0.3, 0.4) is 0 Å². The number of fused-ring (bicyclic) bond motifs is 1. The van der Waals surface area contributed by atoms with Gasteiger partial charge in [-0.25, -0.2) is 9.37 Å². The maximum Gasteiger partial charge on any atom is 0.128 e. The number of aromatic nitrogens is 2. The molecule has 2 aromatic rings. The summed E-state index contributed by atoms with van der Waals surface area (Å²) in [6.07, 6.45) is 4.21. The summed E-state index contributed by atoms with van der Waals surface area (Å²) in [6, 6.07) is 3.96. The van der Waals surface area contributed by atoms with Crippen molar-refractivity contribution in [2.24, 2.45) is 0 Å². The topological polar surface area (TPSA) is 17.8 Å². The third-order valence-corrected chi connectivity index (χ3v) is 2.80. The Balaban J connectivity index is 0.000000457. The van der Waals surface area contributed by atoms with Gasteiger partial charge in [-0.1, -0.05) is 13.8 Å². The number of benzene rings is 1. The van der Waals surface area contributed by atoms with Crippen molar-refractivity contribution >= 4 is 11.0 Å². The normalized spacial score (nSPS) is 14.8. The number of hydrogen-bond donors (Lipinski definition) is 0. The lowest BCUT2D eigenvalue weighted by Crippen LogP contribution is -1.91. The Morgan fingerprint density at radius 3 is 2.62 bits per heavy atom. The van der Waals surface area contributed by atoms with Crippen LogP contribution in [-0.2, 0) is 0 Å². The minimum Gasteiger partial charge on any atom is -0.327 e. The van der Waals surface area contributed by atoms with Crippen LogP contribution in [-0.4, -0.2) is 9.55 Å². The van der Waals surface area contributed by atoms with Gasteiger partial charge in [0.05, 0.1) is 17.4 Å². The van der Waals surface area contributed by atoms with E-state index in [2.05, 4.69) is 9.55 Å². The molecule has 1 aliphatic rings. The zero-order valence-electron chi connectivity index (χ0n) is 10.00. The molecule has 3 rings (SSSR count). The van der Waals surface area contributed by atoms with E-state index >= 15 is 0 Å². The van der Waals surface area contributed by atoms with Crippen molar-refractivity contribution in [3.63, 3.8) is 0 Å². The molecule has 0 bridgehead atoms. The van der Waals surface area contributed by atoms with Crippen molar-refractivity contribution in [3.05, 3.63) is 29.8 Å². The third-order valence-electron chi connectivity index (χ3n) is 2.80. The number of halogens is 1. The molecule has 3 heteroatoms. The third kappa shape index (κ3) is 1.82. The number of imidazole rings is 1. The Labute approximate surface area is 95.1 Å². The molecule has 0 saturated heterocycles. The summed E-state index contributed by atoms with van der Waals surface area (Å²) in [5.41, 5.74) is 2.49. The smallest absolute Gasteiger partial charge is 0.128 e. The molecule has 1 heterocycles. The highest BCUT2D eigenvalue weighted by Gasteiger charge is 2.25. The maximum atomic E-state index is 13.3. The van der Waals surface area contributed by atoms with E-state index in [1.54, 1.807) is 13.0 Å². The van der Waals surface area contributed by atoms with Crippen LogP contribution in [0.5, 0.6) is 0 Å². The summed E-state index contributed by atoms with van der Waals surface area (Å²) in [5.74, 6) is -0.139. The van der Waals surface area contributed by atoms with E-state index < -0.39 is 0 Å². The van der Waals surface area contributed by atoms with E-state index in [0.29, 0.717) is 11.6 Å². The lowest BCUT2D eigenvalue weighted by Gasteiger charge is -2.01. The van der Waals surface area contributed by atoms with E-state index in [4.69, 9.17) is 0 Å². The van der Waals surface area contributed by atoms with Crippen LogP contribution in [0.2, 0.25) is 0 Å². The average Bonchev–Trinajstić information content (AvgIpc) is 3.06. The van der Waals surface area contributed by atoms with Crippen molar-refractivity contribution < 1.29 is 4.39 Å². The number of aryl methyl sites for hydroxylation is 1. The Kier molecular flexibility index (Phi) is 2.95. The molecular weight excluding hydrogens is 203 g/mol. The van der Waals surface area contributed by atoms with Crippen molar-refractivity contribution in [1.29, 1.82) is 0 Å². The number of nitrogens with zero attached hydrogens (tertiary/aromatic N) is 2. The highest BCUT2D eigenvalue weighted by Crippen LogP contribution is 2.37. The lowest BCUT2D eigenvalue weighted by molar-refractivity contribution is 0.619. The molecule has 0 spiro atoms. The molecule has 0 aliphatic heterocycles. The monoisotopic (exact) mass is 220 g/mol. The van der Waals surface area contributed by atoms with Crippen molar-refractivity contribution in [1.82, 2.24) is 9.55 Å². The largest absolute Gasteiger partial charge is 0.327 e. The first-order chi connectivity index (χ1) is 7.75. The quantitative estimate of drug-likeness (QED) is 0.713. The van der Waals surface area contributed by atoms with Gasteiger partial charge in [0, 0.05) is 12.1 Å². The van der Waals surface area contributed by atoms with E-state index in [0.717, 1.165) is 11.0 Å². The standard InChI is InChI=1S/C11H11FN2.C2H6/c1-7-4-10-11(5-9(7)12)14(6-13-10)8-2-3-8;1-2/h4-6,8H,2-3H2,1H3;1-2H3. The zero-order chi connectivity index (χ0) is 11.7. The predicted octanol–water partition coefficient (Wildman–Crippen LogP) is 3.84. The summed E-state index contributed by atoms with van der Waals surface area (Å²) in [6.45, 7) is 5.77. The second kappa shape index (κ2) is 4.24. The highest BCUT2D eigenvalue weighted by molar-refractivity contribution is 5.76. The molecule has 1 aromatic carbocycles. The molecule has 1 saturated carbocycles. The van der Waals surface area contributed by atoms with Gasteiger partial charge in [-0.2, -0.15) is 0 Å². The summed E-state index contributed by atoms with van der Waals surface area (Å²) in [7, 11) is 0. The molecule has 0 N–H and O–H groups in total. The van der Waals surface area contributed by atoms with Gasteiger partial charge in [0.25, 0.3) is 0 Å². The number of rotatable bonds is 1. The minimum atomic E-state index is -0.139. The van der Waals surface area contributed by atoms with E-state index in [-0.39, 0.29) is 5.82 Å². The van der Waals surface area contributed by atoms with Gasteiger partial charge in [-0.3, -0.25) is 0 Å². The fraction of sp³-hybridized carbons (Fsp3) is 0.462. The Morgan fingerprint density at radius 1 is 1.31 bits per heavy atom. The second-order valence-corrected chi connectivity index (χ2v) is 3.97. The zero-order valence-corrected chi connectivity index (χ0v) is 10.00. The fourth-order valence-electron chi connectivity index (χ4n) is 1.80. The first-order valence-electron chi connectivity index (χ1n) is 5.88. The van der Waals surface area contributed by atoms with Gasteiger partial charge in [0.2, 0.25) is 0 Å². The molecule has 0 unspecified atom stereocenters. The van der Waals surface area contributed by atoms with E-state index in [1.807, 2.05) is 26.2 Å². The Morgan fingerprint density at radius 2 is 2.00 bits per heavy atom. The van der Waals surface area contributed by atoms with Crippen molar-refractivity contribution in [2.45, 2.75) is 39.7 Å². The van der Waals surface area contributed by atoms with Crippen LogP contribution in [0.25, 0.3) is 11.0 Å². The minimum absolute atomic E-state index is 0.139. The Hall–Kier alpha value is -1.38. The molecule has 0 amide bonds. The molecule has 1 aromatic heterocycles. The van der Waals surface area contributed by atoms with Crippen LogP contribution in [0.4, 0.5) is 4.39 Å². The summed E-state index contributed by atoms with van der Waals surface area (Å²) >= 11 is 0. The van der Waals surface area contributed by atoms with Gasteiger partial charge in [-0.05, 0) is 31.4 Å². The van der Waals surface area contributed by atoms with E-state index in [1.165, 1.54) is 12.8 Å². The molecule has 1 fully saturated rings. The lowest BCUT2D eigenvalue weighted by atomic mass is 10.2. The second-order valence-electron chi connectivity index (χ2n) is 3.97. The fourth-order valence-corrected chi connectivity index (χ4v) is 1.80. The molecule has 86 valence electrons. The molecule has 0 atom stereocenters. The first kappa shape index (κ1) is 11.1. The van der Waals surface area contributed by atoms with Crippen LogP contribution in [0, 0.1) is 12.7 Å². The number of hydrogen-bond acceptors (Lipinski definition) is 1. The van der Waals surface area contributed by atoms with Gasteiger partial charge < -0.3 is 4.57 Å². The van der Waals surface area contributed by atoms with E-state index in [9.17, 15) is 4.39 Å². The molecule has 16 heavy (non-hydrogen) atoms. The van der Waals surface area contributed by atoms with Crippen LogP contribution in [0.1, 0.15) is 38.3 Å². The summed E-state index contributed by atoms with van der Waals surface area (Å²) in [5, 5.41) is 0. The first-order valence-corrected chi connectivity index (χ1v) is 5.88. The molecule has 0 radical (unpaired) electrons. The van der Waals surface area contributed by atoms with Crippen molar-refractivity contribution in [3.8, 4) is 0 Å². The average molecular weight is 220 g/mol. The van der Waals surface area contributed by atoms with Gasteiger partial charge in [0.1, 0.15) is 5.82 Å². The molecular formula is C13H17FN2. The van der Waals surface area contributed by atoms with Gasteiger partial charge >= 0.3 is 0 Å². The van der Waals surface area contributed by atoms with Crippen LogP contribution in [0.15, 0.2) is 18.5 Å². The SMILES string of the molecule is CC.Cc1cc2ncn(C3CC3)c2cc1F. The highest BCUT2D eigenvalue weighted by atomic mass is 19.1. The van der Waals surface area contributed by atoms with Crippen LogP contribution >= 0.6 is 0 Å². The van der Waals surface area contributed by atoms with Gasteiger partial charge in [0.15, 0.2) is 0 Å². The predicted molar refractivity (Wildman–Crippen MR) is 64.0 cm³/mol. The maximum absolute atomic E-state index is 13.3. The van der Waals surface area contributed by atoms with Gasteiger partial charge in [-0.15, -0.1) is 0 Å². The van der Waals surface area contributed by atoms with Crippen LogP contribution < -0.4 is 0 Å². The molecule has 1 aliphatic carbocycles. The van der Waals surface area contributed by atoms with Crippen molar-refractivity contribution in [2.75, 3.05) is 0 Å². The summed E-state index contributed by atoms with van der Waals surface area (Å²) < 4.78 is 15.4.